The van der Waals surface area contributed by atoms with Crippen molar-refractivity contribution in [1.29, 1.82) is 0 Å². The average molecular weight is 311 g/mol. The molecule has 23 heavy (non-hydrogen) atoms. The predicted molar refractivity (Wildman–Crippen MR) is 91.0 cm³/mol. The minimum absolute atomic E-state index is 0.232. The monoisotopic (exact) mass is 311 g/mol. The number of likely N-dealkylation sites (tertiary alicyclic amines) is 1. The lowest BCUT2D eigenvalue weighted by Crippen LogP contribution is -2.61. The molecule has 1 saturated heterocycles. The summed E-state index contributed by atoms with van der Waals surface area (Å²) in [5.74, 6) is 2.83. The van der Waals surface area contributed by atoms with Crippen LogP contribution < -0.4 is 0 Å². The maximum Gasteiger partial charge on any atom is 0.339 e. The number of carbonyl (C=O) groups excluding carboxylic acids is 1. The van der Waals surface area contributed by atoms with Crippen LogP contribution in [-0.4, -0.2) is 35.6 Å². The molecule has 0 unspecified atom stereocenters. The van der Waals surface area contributed by atoms with Crippen LogP contribution in [0.1, 0.15) is 49.4 Å². The van der Waals surface area contributed by atoms with Gasteiger partial charge in [-0.15, -0.1) is 6.42 Å². The summed E-state index contributed by atoms with van der Waals surface area (Å²) >= 11 is 0. The van der Waals surface area contributed by atoms with Crippen LogP contribution in [0.25, 0.3) is 0 Å². The molecule has 122 valence electrons. The lowest BCUT2D eigenvalue weighted by atomic mass is 9.67. The molecule has 3 nitrogen and oxygen atoms in total. The van der Waals surface area contributed by atoms with Crippen molar-refractivity contribution < 1.29 is 9.53 Å². The Bertz CT molecular complexity index is 606. The van der Waals surface area contributed by atoms with Crippen LogP contribution in [-0.2, 0) is 4.74 Å². The van der Waals surface area contributed by atoms with Crippen molar-refractivity contribution in [3.8, 4) is 12.3 Å². The van der Waals surface area contributed by atoms with Gasteiger partial charge in [-0.1, -0.05) is 37.0 Å². The lowest BCUT2D eigenvalue weighted by Gasteiger charge is -2.53. The van der Waals surface area contributed by atoms with Gasteiger partial charge in [0, 0.05) is 24.4 Å². The molecule has 1 aliphatic carbocycles. The summed E-state index contributed by atoms with van der Waals surface area (Å²) in [6.07, 6.45) is 11.2. The first-order valence-electron chi connectivity index (χ1n) is 8.55. The third-order valence-corrected chi connectivity index (χ3v) is 5.67. The van der Waals surface area contributed by atoms with Gasteiger partial charge in [-0.05, 0) is 38.9 Å². The lowest BCUT2D eigenvalue weighted by molar-refractivity contribution is -0.101. The molecule has 1 aromatic rings. The Hall–Kier alpha value is -1.79. The first kappa shape index (κ1) is 16.1. The molecule has 0 N–H and O–H groups in total. The van der Waals surface area contributed by atoms with Crippen molar-refractivity contribution in [3.05, 3.63) is 35.9 Å². The Balaban J connectivity index is 1.89. The number of esters is 1. The number of hydrogen-bond acceptors (Lipinski definition) is 3. The van der Waals surface area contributed by atoms with Crippen molar-refractivity contribution in [2.24, 2.45) is 5.92 Å². The van der Waals surface area contributed by atoms with E-state index in [1.807, 2.05) is 18.2 Å². The van der Waals surface area contributed by atoms with Crippen LogP contribution in [0.15, 0.2) is 30.3 Å². The Morgan fingerprint density at radius 2 is 2.00 bits per heavy atom. The topological polar surface area (TPSA) is 29.5 Å². The molecule has 1 aromatic carbocycles. The number of terminal acetylenes is 1. The number of nitrogens with zero attached hydrogens (tertiary/aromatic N) is 1. The maximum atomic E-state index is 12.6. The highest BCUT2D eigenvalue weighted by Gasteiger charge is 2.52. The summed E-state index contributed by atoms with van der Waals surface area (Å²) in [5.41, 5.74) is -0.203. The van der Waals surface area contributed by atoms with Gasteiger partial charge in [-0.3, -0.25) is 0 Å². The highest BCUT2D eigenvalue weighted by molar-refractivity contribution is 5.89. The second-order valence-electron chi connectivity index (χ2n) is 6.97. The summed E-state index contributed by atoms with van der Waals surface area (Å²) in [7, 11) is 2.17. The largest absolute Gasteiger partial charge is 0.442 e. The Labute approximate surface area is 139 Å². The molecule has 3 rings (SSSR count). The van der Waals surface area contributed by atoms with Gasteiger partial charge in [0.1, 0.15) is 0 Å². The number of rotatable bonds is 2. The third kappa shape index (κ3) is 2.88. The zero-order valence-electron chi connectivity index (χ0n) is 14.0. The molecule has 1 saturated carbocycles. The van der Waals surface area contributed by atoms with Gasteiger partial charge < -0.3 is 9.64 Å². The van der Waals surface area contributed by atoms with E-state index in [4.69, 9.17) is 11.2 Å². The molecule has 4 atom stereocenters. The fourth-order valence-corrected chi connectivity index (χ4v) is 4.32. The number of fused-ring (bicyclic) bond motifs is 1. The van der Waals surface area contributed by atoms with Crippen molar-refractivity contribution in [2.45, 2.75) is 56.7 Å². The van der Waals surface area contributed by atoms with Crippen molar-refractivity contribution in [1.82, 2.24) is 4.90 Å². The van der Waals surface area contributed by atoms with E-state index in [0.29, 0.717) is 24.1 Å². The van der Waals surface area contributed by atoms with E-state index in [-0.39, 0.29) is 11.9 Å². The summed E-state index contributed by atoms with van der Waals surface area (Å²) in [5, 5.41) is 0. The van der Waals surface area contributed by atoms with Gasteiger partial charge in [-0.2, -0.15) is 0 Å². The van der Waals surface area contributed by atoms with E-state index >= 15 is 0 Å². The molecule has 2 aliphatic rings. The highest BCUT2D eigenvalue weighted by Crippen LogP contribution is 2.45. The van der Waals surface area contributed by atoms with Crippen molar-refractivity contribution in [2.75, 3.05) is 7.05 Å². The Morgan fingerprint density at radius 3 is 2.70 bits per heavy atom. The normalized spacial score (nSPS) is 34.2. The second kappa shape index (κ2) is 6.37. The quantitative estimate of drug-likeness (QED) is 0.618. The van der Waals surface area contributed by atoms with Gasteiger partial charge in [0.15, 0.2) is 5.60 Å². The molecule has 1 heterocycles. The van der Waals surface area contributed by atoms with Crippen LogP contribution in [0, 0.1) is 18.3 Å². The molecule has 0 aromatic heterocycles. The molecule has 0 amide bonds. The molecule has 0 bridgehead atoms. The Kier molecular flexibility index (Phi) is 4.46. The van der Waals surface area contributed by atoms with E-state index < -0.39 is 5.60 Å². The first-order chi connectivity index (χ1) is 11.1. The average Bonchev–Trinajstić information content (AvgIpc) is 2.60. The van der Waals surface area contributed by atoms with Gasteiger partial charge in [0.25, 0.3) is 0 Å². The molecule has 0 spiro atoms. The minimum Gasteiger partial charge on any atom is -0.442 e. The van der Waals surface area contributed by atoms with Crippen molar-refractivity contribution >= 4 is 5.97 Å². The molecule has 2 fully saturated rings. The third-order valence-electron chi connectivity index (χ3n) is 5.67. The van der Waals surface area contributed by atoms with Crippen molar-refractivity contribution in [3.63, 3.8) is 0 Å². The smallest absolute Gasteiger partial charge is 0.339 e. The predicted octanol–water partition coefficient (Wildman–Crippen LogP) is 3.50. The van der Waals surface area contributed by atoms with E-state index in [2.05, 4.69) is 24.8 Å². The van der Waals surface area contributed by atoms with Gasteiger partial charge >= 0.3 is 5.97 Å². The summed E-state index contributed by atoms with van der Waals surface area (Å²) in [6.45, 7) is 2.17. The number of piperidine rings is 1. The van der Waals surface area contributed by atoms with Crippen LogP contribution in [0.2, 0.25) is 0 Å². The van der Waals surface area contributed by atoms with E-state index in [1.165, 1.54) is 6.42 Å². The van der Waals surface area contributed by atoms with Gasteiger partial charge in [-0.25, -0.2) is 4.79 Å². The van der Waals surface area contributed by atoms with Crippen LogP contribution in [0.4, 0.5) is 0 Å². The van der Waals surface area contributed by atoms with Crippen LogP contribution in [0.5, 0.6) is 0 Å². The number of hydrogen-bond donors (Lipinski definition) is 0. The summed E-state index contributed by atoms with van der Waals surface area (Å²) < 4.78 is 6.00. The van der Waals surface area contributed by atoms with E-state index in [9.17, 15) is 4.79 Å². The van der Waals surface area contributed by atoms with Crippen LogP contribution in [0.3, 0.4) is 0 Å². The molecular weight excluding hydrogens is 286 g/mol. The fourth-order valence-electron chi connectivity index (χ4n) is 4.32. The maximum absolute atomic E-state index is 12.6. The highest BCUT2D eigenvalue weighted by atomic mass is 16.6. The molecule has 0 radical (unpaired) electrons. The molecular formula is C20H25NO2. The Morgan fingerprint density at radius 1 is 1.30 bits per heavy atom. The summed E-state index contributed by atoms with van der Waals surface area (Å²) in [4.78, 5) is 15.0. The van der Waals surface area contributed by atoms with Crippen LogP contribution >= 0.6 is 0 Å². The molecule has 1 aliphatic heterocycles. The first-order valence-corrected chi connectivity index (χ1v) is 8.55. The fraction of sp³-hybridized carbons (Fsp3) is 0.550. The van der Waals surface area contributed by atoms with E-state index in [0.717, 1.165) is 19.3 Å². The SMILES string of the molecule is C#C[C@]1(OC(=O)c2ccccc2)C[C@@H](C)N(C)[C@H]2CCCC[C@@H]21. The second-order valence-corrected chi connectivity index (χ2v) is 6.97. The zero-order valence-corrected chi connectivity index (χ0v) is 14.0. The summed E-state index contributed by atoms with van der Waals surface area (Å²) in [6, 6.07) is 9.87. The van der Waals surface area contributed by atoms with Gasteiger partial charge in [0.2, 0.25) is 0 Å². The van der Waals surface area contributed by atoms with E-state index in [1.54, 1.807) is 12.1 Å². The number of benzene rings is 1. The standard InChI is InChI=1S/C20H25NO2/c1-4-20(23-19(22)16-10-6-5-7-11-16)14-15(2)21(3)18-13-9-8-12-17(18)20/h1,5-7,10-11,15,17-18H,8-9,12-14H2,2-3H3/t15-,17+,18+,20+/m1/s1. The number of ether oxygens (including phenoxy) is 1. The minimum atomic E-state index is -0.774. The van der Waals surface area contributed by atoms with Gasteiger partial charge in [0.05, 0.1) is 5.56 Å². The number of carbonyl (C=O) groups is 1. The zero-order chi connectivity index (χ0) is 16.4. The molecule has 3 heteroatoms.